The van der Waals surface area contributed by atoms with E-state index in [1.54, 1.807) is 24.3 Å². The molecule has 5 nitrogen and oxygen atoms in total. The molecule has 0 aliphatic heterocycles. The maximum Gasteiger partial charge on any atom is 0.421 e. The fourth-order valence-electron chi connectivity index (χ4n) is 3.04. The number of ether oxygens (including phenoxy) is 1. The van der Waals surface area contributed by atoms with Gasteiger partial charge in [0.15, 0.2) is 0 Å². The van der Waals surface area contributed by atoms with Crippen LogP contribution in [0, 0.1) is 5.92 Å². The standard InChI is InChI=1S/C25H29F3N4O/c1-5-17(4)18-6-8-20(9-7-18)31-24-29-14-22(25(26,27)28)23(32-24)30-19-10-12-21(13-11-19)33-15-16(2)3/h6-14,16-17H,5,15H2,1-4H3,(H2,29,30,31,32). The Kier molecular flexibility index (Phi) is 7.79. The second-order valence-corrected chi connectivity index (χ2v) is 8.36. The molecular formula is C25H29F3N4O. The summed E-state index contributed by atoms with van der Waals surface area (Å²) >= 11 is 0. The molecule has 0 aliphatic rings. The molecule has 0 radical (unpaired) electrons. The molecule has 2 N–H and O–H groups in total. The highest BCUT2D eigenvalue weighted by atomic mass is 19.4. The number of hydrogen-bond acceptors (Lipinski definition) is 5. The van der Waals surface area contributed by atoms with Crippen LogP contribution in [0.1, 0.15) is 51.2 Å². The average molecular weight is 459 g/mol. The molecule has 3 rings (SSSR count). The molecule has 0 bridgehead atoms. The van der Waals surface area contributed by atoms with Crippen LogP contribution in [0.25, 0.3) is 0 Å². The van der Waals surface area contributed by atoms with Crippen molar-refractivity contribution >= 4 is 23.1 Å². The summed E-state index contributed by atoms with van der Waals surface area (Å²) in [6, 6.07) is 14.4. The van der Waals surface area contributed by atoms with Crippen molar-refractivity contribution in [3.05, 3.63) is 65.9 Å². The van der Waals surface area contributed by atoms with E-state index in [0.29, 0.717) is 35.6 Å². The first-order chi connectivity index (χ1) is 15.7. The molecule has 0 spiro atoms. The van der Waals surface area contributed by atoms with Gasteiger partial charge in [-0.05, 0) is 60.2 Å². The van der Waals surface area contributed by atoms with Crippen molar-refractivity contribution in [2.75, 3.05) is 17.2 Å². The van der Waals surface area contributed by atoms with Crippen LogP contribution in [0.5, 0.6) is 5.75 Å². The molecule has 1 atom stereocenters. The van der Waals surface area contributed by atoms with Crippen molar-refractivity contribution in [1.29, 1.82) is 0 Å². The summed E-state index contributed by atoms with van der Waals surface area (Å²) in [4.78, 5) is 7.97. The molecule has 0 fully saturated rings. The SMILES string of the molecule is CCC(C)c1ccc(Nc2ncc(C(F)(F)F)c(Nc3ccc(OCC(C)C)cc3)n2)cc1. The third-order valence-corrected chi connectivity index (χ3v) is 5.14. The molecule has 33 heavy (non-hydrogen) atoms. The van der Waals surface area contributed by atoms with E-state index in [4.69, 9.17) is 4.74 Å². The van der Waals surface area contributed by atoms with E-state index in [0.717, 1.165) is 12.6 Å². The predicted molar refractivity (Wildman–Crippen MR) is 126 cm³/mol. The van der Waals surface area contributed by atoms with Crippen molar-refractivity contribution in [1.82, 2.24) is 9.97 Å². The van der Waals surface area contributed by atoms with Gasteiger partial charge in [-0.1, -0.05) is 39.8 Å². The van der Waals surface area contributed by atoms with Crippen LogP contribution in [0.15, 0.2) is 54.7 Å². The van der Waals surface area contributed by atoms with E-state index in [9.17, 15) is 13.2 Å². The van der Waals surface area contributed by atoms with Gasteiger partial charge in [-0.2, -0.15) is 18.2 Å². The quantitative estimate of drug-likeness (QED) is 0.347. The first-order valence-corrected chi connectivity index (χ1v) is 11.0. The zero-order chi connectivity index (χ0) is 24.0. The van der Waals surface area contributed by atoms with Gasteiger partial charge in [0, 0.05) is 17.6 Å². The molecular weight excluding hydrogens is 429 g/mol. The number of nitrogens with one attached hydrogen (secondary N) is 2. The Bertz CT molecular complexity index is 1040. The average Bonchev–Trinajstić information content (AvgIpc) is 2.78. The molecule has 1 heterocycles. The van der Waals surface area contributed by atoms with E-state index in [2.05, 4.69) is 34.4 Å². The Labute approximate surface area is 192 Å². The molecule has 0 saturated heterocycles. The number of aromatic nitrogens is 2. The Morgan fingerprint density at radius 1 is 0.909 bits per heavy atom. The number of halogens is 3. The topological polar surface area (TPSA) is 59.1 Å². The van der Waals surface area contributed by atoms with Crippen molar-refractivity contribution in [3.63, 3.8) is 0 Å². The molecule has 1 unspecified atom stereocenters. The summed E-state index contributed by atoms with van der Waals surface area (Å²) < 4.78 is 46.3. The normalized spacial score (nSPS) is 12.5. The maximum atomic E-state index is 13.5. The minimum absolute atomic E-state index is 0.0682. The molecule has 8 heteroatoms. The summed E-state index contributed by atoms with van der Waals surface area (Å²) in [5.74, 6) is 1.19. The van der Waals surface area contributed by atoms with Crippen molar-refractivity contribution in [3.8, 4) is 5.75 Å². The van der Waals surface area contributed by atoms with E-state index >= 15 is 0 Å². The van der Waals surface area contributed by atoms with Crippen LogP contribution in [0.3, 0.4) is 0 Å². The van der Waals surface area contributed by atoms with Gasteiger partial charge in [-0.25, -0.2) is 4.98 Å². The van der Waals surface area contributed by atoms with E-state index < -0.39 is 11.7 Å². The highest BCUT2D eigenvalue weighted by Gasteiger charge is 2.35. The number of alkyl halides is 3. The van der Waals surface area contributed by atoms with Crippen LogP contribution in [-0.2, 0) is 6.18 Å². The van der Waals surface area contributed by atoms with Gasteiger partial charge < -0.3 is 15.4 Å². The minimum Gasteiger partial charge on any atom is -0.493 e. The van der Waals surface area contributed by atoms with Gasteiger partial charge in [0.1, 0.15) is 17.1 Å². The van der Waals surface area contributed by atoms with Crippen LogP contribution in [-0.4, -0.2) is 16.6 Å². The fraction of sp³-hybridized carbons (Fsp3) is 0.360. The van der Waals surface area contributed by atoms with E-state index in [1.807, 2.05) is 38.1 Å². The number of anilines is 4. The fourth-order valence-corrected chi connectivity index (χ4v) is 3.04. The molecule has 1 aromatic heterocycles. The van der Waals surface area contributed by atoms with Crippen LogP contribution in [0.4, 0.5) is 36.3 Å². The van der Waals surface area contributed by atoms with Gasteiger partial charge in [0.25, 0.3) is 0 Å². The van der Waals surface area contributed by atoms with E-state index in [1.165, 1.54) is 5.56 Å². The van der Waals surface area contributed by atoms with Crippen LogP contribution >= 0.6 is 0 Å². The van der Waals surface area contributed by atoms with Crippen LogP contribution in [0.2, 0.25) is 0 Å². The number of benzene rings is 2. The largest absolute Gasteiger partial charge is 0.493 e. The zero-order valence-electron chi connectivity index (χ0n) is 19.2. The highest BCUT2D eigenvalue weighted by Crippen LogP contribution is 2.35. The Morgan fingerprint density at radius 2 is 1.52 bits per heavy atom. The summed E-state index contributed by atoms with van der Waals surface area (Å²) in [5.41, 5.74) is 1.40. The highest BCUT2D eigenvalue weighted by molar-refractivity contribution is 5.63. The third-order valence-electron chi connectivity index (χ3n) is 5.14. The predicted octanol–water partition coefficient (Wildman–Crippen LogP) is 7.53. The second-order valence-electron chi connectivity index (χ2n) is 8.36. The number of hydrogen-bond donors (Lipinski definition) is 2. The van der Waals surface area contributed by atoms with Crippen LogP contribution < -0.4 is 15.4 Å². The Morgan fingerprint density at radius 3 is 2.09 bits per heavy atom. The first-order valence-electron chi connectivity index (χ1n) is 11.0. The Balaban J connectivity index is 1.80. The van der Waals surface area contributed by atoms with Gasteiger partial charge in [0.05, 0.1) is 6.61 Å². The van der Waals surface area contributed by atoms with Crippen molar-refractivity contribution in [2.45, 2.75) is 46.2 Å². The summed E-state index contributed by atoms with van der Waals surface area (Å²) in [5, 5.41) is 5.74. The molecule has 176 valence electrons. The van der Waals surface area contributed by atoms with Gasteiger partial charge in [0.2, 0.25) is 5.95 Å². The lowest BCUT2D eigenvalue weighted by atomic mass is 9.99. The number of rotatable bonds is 9. The summed E-state index contributed by atoms with van der Waals surface area (Å²) in [6.07, 6.45) is -2.79. The molecule has 2 aromatic carbocycles. The first kappa shape index (κ1) is 24.4. The summed E-state index contributed by atoms with van der Waals surface area (Å²) in [7, 11) is 0. The number of nitrogens with zero attached hydrogens (tertiary/aromatic N) is 2. The molecule has 0 amide bonds. The lowest BCUT2D eigenvalue weighted by Crippen LogP contribution is -2.12. The Hall–Kier alpha value is -3.29. The minimum atomic E-state index is -4.60. The van der Waals surface area contributed by atoms with Gasteiger partial charge in [-0.15, -0.1) is 0 Å². The zero-order valence-corrected chi connectivity index (χ0v) is 19.2. The maximum absolute atomic E-state index is 13.5. The lowest BCUT2D eigenvalue weighted by Gasteiger charge is -2.16. The molecule has 0 saturated carbocycles. The summed E-state index contributed by atoms with van der Waals surface area (Å²) in [6.45, 7) is 8.89. The van der Waals surface area contributed by atoms with Crippen molar-refractivity contribution in [2.24, 2.45) is 5.92 Å². The monoisotopic (exact) mass is 458 g/mol. The van der Waals surface area contributed by atoms with Gasteiger partial charge in [-0.3, -0.25) is 0 Å². The third kappa shape index (κ3) is 6.84. The molecule has 3 aromatic rings. The lowest BCUT2D eigenvalue weighted by molar-refractivity contribution is -0.137. The smallest absolute Gasteiger partial charge is 0.421 e. The van der Waals surface area contributed by atoms with Crippen molar-refractivity contribution < 1.29 is 17.9 Å². The second kappa shape index (κ2) is 10.6. The van der Waals surface area contributed by atoms with Gasteiger partial charge >= 0.3 is 6.18 Å². The van der Waals surface area contributed by atoms with E-state index in [-0.39, 0.29) is 11.8 Å². The molecule has 0 aliphatic carbocycles.